The van der Waals surface area contributed by atoms with Crippen LogP contribution >= 0.6 is 11.6 Å². The summed E-state index contributed by atoms with van der Waals surface area (Å²) in [5.74, 6) is 2.66. The van der Waals surface area contributed by atoms with E-state index in [1.165, 1.54) is 0 Å². The molecule has 1 saturated heterocycles. The van der Waals surface area contributed by atoms with Crippen molar-refractivity contribution in [3.63, 3.8) is 0 Å². The fourth-order valence-corrected chi connectivity index (χ4v) is 4.59. The van der Waals surface area contributed by atoms with Crippen LogP contribution < -0.4 is 9.47 Å². The summed E-state index contributed by atoms with van der Waals surface area (Å²) in [7, 11) is 7.27. The van der Waals surface area contributed by atoms with E-state index in [0.717, 1.165) is 31.5 Å². The molecule has 0 aromatic heterocycles. The molecule has 3 rings (SSSR count). The quantitative estimate of drug-likeness (QED) is 0.803. The highest BCUT2D eigenvalue weighted by Crippen LogP contribution is 2.42. The highest BCUT2D eigenvalue weighted by molar-refractivity contribution is 6.33. The van der Waals surface area contributed by atoms with E-state index in [1.54, 1.807) is 14.2 Å². The summed E-state index contributed by atoms with van der Waals surface area (Å²) < 4.78 is 10.7. The van der Waals surface area contributed by atoms with Gasteiger partial charge in [0.2, 0.25) is 5.91 Å². The number of carbonyl (C=O) groups excluding carboxylic acids is 1. The molecule has 0 N–H and O–H groups in total. The number of fused-ring (bicyclic) bond motifs is 1. The van der Waals surface area contributed by atoms with E-state index in [2.05, 4.69) is 11.9 Å². The zero-order valence-corrected chi connectivity index (χ0v) is 16.2. The minimum Gasteiger partial charge on any atom is -0.493 e. The Labute approximate surface area is 154 Å². The molecule has 0 unspecified atom stereocenters. The van der Waals surface area contributed by atoms with Gasteiger partial charge in [0.25, 0.3) is 0 Å². The van der Waals surface area contributed by atoms with Crippen molar-refractivity contribution in [1.82, 2.24) is 9.80 Å². The number of amides is 1. The zero-order valence-electron chi connectivity index (χ0n) is 15.4. The van der Waals surface area contributed by atoms with Gasteiger partial charge in [0.1, 0.15) is 0 Å². The summed E-state index contributed by atoms with van der Waals surface area (Å²) in [5.41, 5.74) is 1.03. The topological polar surface area (TPSA) is 42.0 Å². The average Bonchev–Trinajstić information content (AvgIpc) is 2.99. The Morgan fingerprint density at radius 2 is 1.96 bits per heavy atom. The van der Waals surface area contributed by atoms with Crippen molar-refractivity contribution in [3.05, 3.63) is 22.7 Å². The number of nitrogens with zero attached hydrogens (tertiary/aromatic N) is 2. The maximum atomic E-state index is 11.9. The number of rotatable bonds is 5. The minimum atomic E-state index is 0.285. The first-order chi connectivity index (χ1) is 11.9. The van der Waals surface area contributed by atoms with Gasteiger partial charge in [-0.3, -0.25) is 9.69 Å². The lowest BCUT2D eigenvalue weighted by molar-refractivity contribution is -0.134. The van der Waals surface area contributed by atoms with Crippen molar-refractivity contribution in [2.24, 2.45) is 11.8 Å². The van der Waals surface area contributed by atoms with Gasteiger partial charge in [0.05, 0.1) is 19.2 Å². The molecule has 1 amide bonds. The van der Waals surface area contributed by atoms with Crippen LogP contribution in [0.5, 0.6) is 11.5 Å². The third kappa shape index (κ3) is 3.58. The fraction of sp³-hybridized carbons (Fsp3) is 0.632. The Morgan fingerprint density at radius 3 is 2.64 bits per heavy atom. The molecule has 25 heavy (non-hydrogen) atoms. The second-order valence-electron chi connectivity index (χ2n) is 7.31. The first-order valence-corrected chi connectivity index (χ1v) is 9.16. The van der Waals surface area contributed by atoms with E-state index in [1.807, 2.05) is 24.1 Å². The number of likely N-dealkylation sites (tertiary alicyclic amines) is 1. The average molecular weight is 367 g/mol. The number of carbonyl (C=O) groups is 1. The van der Waals surface area contributed by atoms with Crippen molar-refractivity contribution < 1.29 is 14.3 Å². The summed E-state index contributed by atoms with van der Waals surface area (Å²) in [6, 6.07) is 4.38. The summed E-state index contributed by atoms with van der Waals surface area (Å²) in [5, 5.41) is 0.610. The summed E-state index contributed by atoms with van der Waals surface area (Å²) in [6.07, 6.45) is 2.93. The Kier molecular flexibility index (Phi) is 5.44. The molecule has 5 nitrogen and oxygen atoms in total. The molecule has 6 heteroatoms. The first kappa shape index (κ1) is 18.3. The van der Waals surface area contributed by atoms with Crippen molar-refractivity contribution >= 4 is 17.5 Å². The van der Waals surface area contributed by atoms with Crippen LogP contribution in [0.3, 0.4) is 0 Å². The van der Waals surface area contributed by atoms with Crippen molar-refractivity contribution in [1.29, 1.82) is 0 Å². The van der Waals surface area contributed by atoms with Gasteiger partial charge in [-0.15, -0.1) is 0 Å². The smallest absolute Gasteiger partial charge is 0.222 e. The predicted molar refractivity (Wildman–Crippen MR) is 98.3 cm³/mol. The number of hydrogen-bond acceptors (Lipinski definition) is 4. The lowest BCUT2D eigenvalue weighted by Crippen LogP contribution is -2.39. The number of piperidine rings is 1. The van der Waals surface area contributed by atoms with Gasteiger partial charge in [0.15, 0.2) is 11.5 Å². The van der Waals surface area contributed by atoms with E-state index in [4.69, 9.17) is 21.1 Å². The number of halogens is 1. The van der Waals surface area contributed by atoms with Gasteiger partial charge in [-0.2, -0.15) is 0 Å². The van der Waals surface area contributed by atoms with E-state index in [-0.39, 0.29) is 5.91 Å². The van der Waals surface area contributed by atoms with Crippen LogP contribution in [0.15, 0.2) is 12.1 Å². The number of benzene rings is 1. The molecule has 138 valence electrons. The van der Waals surface area contributed by atoms with Crippen LogP contribution in [-0.2, 0) is 11.3 Å². The standard InChI is InChI=1S/C19H27ClN2O3/c1-21(10-12-5-6-16(24-3)19(25-4)18(12)20)15-7-13-9-17(23)22(2)11-14(13)8-15/h5-6,13-15H,7-11H2,1-4H3/t13-,14+,15-/m1/s1. The lowest BCUT2D eigenvalue weighted by Gasteiger charge is -2.31. The van der Waals surface area contributed by atoms with Crippen LogP contribution in [0.25, 0.3) is 0 Å². The van der Waals surface area contributed by atoms with Gasteiger partial charge >= 0.3 is 0 Å². The van der Waals surface area contributed by atoms with Crippen molar-refractivity contribution in [2.45, 2.75) is 31.8 Å². The molecule has 2 aliphatic rings. The molecular formula is C19H27ClN2O3. The normalized spacial score (nSPS) is 26.1. The van der Waals surface area contributed by atoms with Crippen molar-refractivity contribution in [3.8, 4) is 11.5 Å². The number of methoxy groups -OCH3 is 2. The molecule has 1 aliphatic carbocycles. The molecule has 0 bridgehead atoms. The van der Waals surface area contributed by atoms with Gasteiger partial charge < -0.3 is 14.4 Å². The Balaban J connectivity index is 1.69. The van der Waals surface area contributed by atoms with E-state index in [9.17, 15) is 4.79 Å². The molecule has 0 radical (unpaired) electrons. The third-order valence-corrected chi connectivity index (χ3v) is 6.21. The first-order valence-electron chi connectivity index (χ1n) is 8.78. The monoisotopic (exact) mass is 366 g/mol. The predicted octanol–water partition coefficient (Wildman–Crippen LogP) is 3.05. The summed E-state index contributed by atoms with van der Waals surface area (Å²) in [6.45, 7) is 1.65. The second-order valence-corrected chi connectivity index (χ2v) is 7.69. The molecule has 1 aliphatic heterocycles. The number of hydrogen-bond donors (Lipinski definition) is 0. The molecule has 2 fully saturated rings. The Hall–Kier alpha value is -1.46. The van der Waals surface area contributed by atoms with Crippen LogP contribution in [0.2, 0.25) is 5.02 Å². The maximum absolute atomic E-state index is 11.9. The van der Waals surface area contributed by atoms with E-state index >= 15 is 0 Å². The SMILES string of the molecule is COc1ccc(CN(C)[C@@H]2C[C@@H]3CC(=O)N(C)C[C@@H]3C2)c(Cl)c1OC. The molecular weight excluding hydrogens is 340 g/mol. The second kappa shape index (κ2) is 7.42. The van der Waals surface area contributed by atoms with Gasteiger partial charge in [-0.05, 0) is 43.4 Å². The van der Waals surface area contributed by atoms with Crippen LogP contribution in [0, 0.1) is 11.8 Å². The Bertz CT molecular complexity index is 652. The molecule has 1 heterocycles. The summed E-state index contributed by atoms with van der Waals surface area (Å²) >= 11 is 6.52. The van der Waals surface area contributed by atoms with Crippen LogP contribution in [0.1, 0.15) is 24.8 Å². The van der Waals surface area contributed by atoms with Crippen LogP contribution in [0.4, 0.5) is 0 Å². The summed E-state index contributed by atoms with van der Waals surface area (Å²) in [4.78, 5) is 16.2. The highest BCUT2D eigenvalue weighted by atomic mass is 35.5. The van der Waals surface area contributed by atoms with Gasteiger partial charge in [0, 0.05) is 32.6 Å². The fourth-order valence-electron chi connectivity index (χ4n) is 4.30. The van der Waals surface area contributed by atoms with E-state index < -0.39 is 0 Å². The lowest BCUT2D eigenvalue weighted by atomic mass is 9.88. The largest absolute Gasteiger partial charge is 0.493 e. The van der Waals surface area contributed by atoms with Gasteiger partial charge in [-0.25, -0.2) is 0 Å². The van der Waals surface area contributed by atoms with Crippen molar-refractivity contribution in [2.75, 3.05) is 34.9 Å². The van der Waals surface area contributed by atoms with Gasteiger partial charge in [-0.1, -0.05) is 17.7 Å². The van der Waals surface area contributed by atoms with E-state index in [0.29, 0.717) is 40.8 Å². The molecule has 1 aromatic rings. The maximum Gasteiger partial charge on any atom is 0.222 e. The molecule has 1 saturated carbocycles. The molecule has 1 aromatic carbocycles. The Morgan fingerprint density at radius 1 is 1.24 bits per heavy atom. The minimum absolute atomic E-state index is 0.285. The highest BCUT2D eigenvalue weighted by Gasteiger charge is 2.41. The zero-order chi connectivity index (χ0) is 18.1. The van der Waals surface area contributed by atoms with Crippen LogP contribution in [-0.4, -0.2) is 56.6 Å². The number of ether oxygens (including phenoxy) is 2. The molecule has 0 spiro atoms. The third-order valence-electron chi connectivity index (χ3n) is 5.80. The molecule has 3 atom stereocenters.